The summed E-state index contributed by atoms with van der Waals surface area (Å²) in [6.45, 7) is 0. The van der Waals surface area contributed by atoms with E-state index in [1.54, 1.807) is 31.4 Å². The molecule has 0 amide bonds. The van der Waals surface area contributed by atoms with Gasteiger partial charge in [0.15, 0.2) is 10.9 Å². The van der Waals surface area contributed by atoms with Crippen LogP contribution in [0.15, 0.2) is 59.8 Å². The van der Waals surface area contributed by atoms with Crippen molar-refractivity contribution in [1.82, 2.24) is 14.8 Å². The number of ketones is 1. The summed E-state index contributed by atoms with van der Waals surface area (Å²) in [6.07, 6.45) is 0.720. The Morgan fingerprint density at radius 3 is 2.48 bits per heavy atom. The Bertz CT molecular complexity index is 845. The maximum Gasteiger partial charge on any atom is 0.191 e. The van der Waals surface area contributed by atoms with E-state index in [1.165, 1.54) is 17.3 Å². The number of carbonyl (C=O) groups excluding carboxylic acids is 1. The van der Waals surface area contributed by atoms with Crippen LogP contribution in [0.2, 0.25) is 0 Å². The molecule has 0 saturated heterocycles. The van der Waals surface area contributed by atoms with Crippen molar-refractivity contribution in [2.24, 2.45) is 7.05 Å². The molecule has 25 heavy (non-hydrogen) atoms. The maximum absolute atomic E-state index is 12.3. The molecule has 0 saturated carbocycles. The first kappa shape index (κ1) is 17.2. The highest BCUT2D eigenvalue weighted by Crippen LogP contribution is 2.20. The molecule has 0 aliphatic heterocycles. The predicted molar refractivity (Wildman–Crippen MR) is 98.3 cm³/mol. The number of hydrogen-bond acceptors (Lipinski definition) is 5. The fraction of sp³-hybridized carbons (Fsp3) is 0.211. The number of nitrogens with zero attached hydrogens (tertiary/aromatic N) is 3. The summed E-state index contributed by atoms with van der Waals surface area (Å²) in [5.74, 6) is 2.00. The predicted octanol–water partition coefficient (Wildman–Crippen LogP) is 3.39. The van der Waals surface area contributed by atoms with Crippen LogP contribution in [0.1, 0.15) is 21.7 Å². The van der Waals surface area contributed by atoms with Gasteiger partial charge in [-0.15, -0.1) is 10.2 Å². The van der Waals surface area contributed by atoms with Gasteiger partial charge in [0.25, 0.3) is 0 Å². The van der Waals surface area contributed by atoms with E-state index in [0.717, 1.165) is 23.2 Å². The van der Waals surface area contributed by atoms with Crippen molar-refractivity contribution in [3.8, 4) is 5.75 Å². The van der Waals surface area contributed by atoms with Gasteiger partial charge in [0.1, 0.15) is 11.6 Å². The van der Waals surface area contributed by atoms with Crippen molar-refractivity contribution in [2.75, 3.05) is 12.9 Å². The molecule has 0 unspecified atom stereocenters. The summed E-state index contributed by atoms with van der Waals surface area (Å²) in [5.41, 5.74) is 1.85. The Morgan fingerprint density at radius 1 is 1.08 bits per heavy atom. The van der Waals surface area contributed by atoms with E-state index in [1.807, 2.05) is 29.8 Å². The van der Waals surface area contributed by atoms with E-state index in [9.17, 15) is 4.79 Å². The Hall–Kier alpha value is -2.60. The summed E-state index contributed by atoms with van der Waals surface area (Å²) >= 11 is 1.40. The number of Topliss-reactive ketones (excluding diaryl/α,β-unsaturated/α-hetero) is 1. The summed E-state index contributed by atoms with van der Waals surface area (Å²) in [4.78, 5) is 12.3. The fourth-order valence-electron chi connectivity index (χ4n) is 2.39. The topological polar surface area (TPSA) is 57.0 Å². The summed E-state index contributed by atoms with van der Waals surface area (Å²) in [7, 11) is 3.53. The third-order valence-corrected chi connectivity index (χ3v) is 4.89. The molecule has 6 heteroatoms. The zero-order valence-electron chi connectivity index (χ0n) is 14.2. The van der Waals surface area contributed by atoms with Gasteiger partial charge in [-0.3, -0.25) is 4.79 Å². The molecule has 1 aromatic heterocycles. The summed E-state index contributed by atoms with van der Waals surface area (Å²) in [6, 6.07) is 17.3. The Balaban J connectivity index is 1.62. The number of thioether (sulfide) groups is 1. The zero-order valence-corrected chi connectivity index (χ0v) is 15.0. The molecule has 0 aliphatic carbocycles. The number of rotatable bonds is 7. The first-order valence-corrected chi connectivity index (χ1v) is 8.88. The smallest absolute Gasteiger partial charge is 0.191 e. The Kier molecular flexibility index (Phi) is 5.50. The van der Waals surface area contributed by atoms with E-state index >= 15 is 0 Å². The van der Waals surface area contributed by atoms with Gasteiger partial charge in [0.05, 0.1) is 12.9 Å². The van der Waals surface area contributed by atoms with Gasteiger partial charge in [-0.25, -0.2) is 0 Å². The second kappa shape index (κ2) is 7.98. The molecule has 0 radical (unpaired) electrons. The van der Waals surface area contributed by atoms with Crippen LogP contribution in [-0.2, 0) is 13.5 Å². The lowest BCUT2D eigenvalue weighted by molar-refractivity contribution is 0.102. The third-order valence-electron chi connectivity index (χ3n) is 3.87. The number of methoxy groups -OCH3 is 1. The molecule has 0 N–H and O–H groups in total. The number of ether oxygens (including phenoxy) is 1. The van der Waals surface area contributed by atoms with Crippen molar-refractivity contribution in [3.63, 3.8) is 0 Å². The fourth-order valence-corrected chi connectivity index (χ4v) is 3.22. The number of aromatic nitrogens is 3. The highest BCUT2D eigenvalue weighted by atomic mass is 32.2. The molecule has 1 heterocycles. The van der Waals surface area contributed by atoms with Gasteiger partial charge in [-0.1, -0.05) is 42.1 Å². The molecule has 128 valence electrons. The SMILES string of the molecule is COc1ccc(C(=O)CSc2nnc(Cc3ccccc3)n2C)cc1. The molecule has 5 nitrogen and oxygen atoms in total. The summed E-state index contributed by atoms with van der Waals surface area (Å²) < 4.78 is 7.05. The zero-order chi connectivity index (χ0) is 17.6. The van der Waals surface area contributed by atoms with Crippen molar-refractivity contribution in [2.45, 2.75) is 11.6 Å². The first-order chi connectivity index (χ1) is 12.2. The minimum absolute atomic E-state index is 0.0558. The molecular weight excluding hydrogens is 334 g/mol. The van der Waals surface area contributed by atoms with E-state index in [-0.39, 0.29) is 5.78 Å². The second-order valence-corrected chi connectivity index (χ2v) is 6.50. The molecule has 0 aliphatic rings. The van der Waals surface area contributed by atoms with Crippen LogP contribution in [0.25, 0.3) is 0 Å². The molecule has 0 spiro atoms. The molecular formula is C19H19N3O2S. The Labute approximate surface area is 151 Å². The minimum atomic E-state index is 0.0558. The van der Waals surface area contributed by atoms with Gasteiger partial charge in [0, 0.05) is 19.0 Å². The average molecular weight is 353 g/mol. The van der Waals surface area contributed by atoms with Crippen LogP contribution in [0, 0.1) is 0 Å². The minimum Gasteiger partial charge on any atom is -0.497 e. The van der Waals surface area contributed by atoms with Crippen LogP contribution in [0.3, 0.4) is 0 Å². The molecule has 0 fully saturated rings. The van der Waals surface area contributed by atoms with E-state index in [2.05, 4.69) is 22.3 Å². The van der Waals surface area contributed by atoms with Crippen LogP contribution in [0.5, 0.6) is 5.75 Å². The van der Waals surface area contributed by atoms with Crippen LogP contribution in [-0.4, -0.2) is 33.4 Å². The Morgan fingerprint density at radius 2 is 1.80 bits per heavy atom. The molecule has 2 aromatic carbocycles. The van der Waals surface area contributed by atoms with Crippen LogP contribution >= 0.6 is 11.8 Å². The standard InChI is InChI=1S/C19H19N3O2S/c1-22-18(12-14-6-4-3-5-7-14)20-21-19(22)25-13-17(23)15-8-10-16(24-2)11-9-15/h3-11H,12-13H2,1-2H3. The van der Waals surface area contributed by atoms with Gasteiger partial charge in [-0.05, 0) is 29.8 Å². The van der Waals surface area contributed by atoms with Gasteiger partial charge in [0.2, 0.25) is 0 Å². The van der Waals surface area contributed by atoms with Crippen LogP contribution in [0.4, 0.5) is 0 Å². The summed E-state index contributed by atoms with van der Waals surface area (Å²) in [5, 5.41) is 9.20. The number of carbonyl (C=O) groups is 1. The quantitative estimate of drug-likeness (QED) is 0.481. The highest BCUT2D eigenvalue weighted by Gasteiger charge is 2.13. The second-order valence-electron chi connectivity index (χ2n) is 5.56. The van der Waals surface area contributed by atoms with Crippen molar-refractivity contribution in [1.29, 1.82) is 0 Å². The van der Waals surface area contributed by atoms with Crippen molar-refractivity contribution in [3.05, 3.63) is 71.5 Å². The molecule has 0 atom stereocenters. The lowest BCUT2D eigenvalue weighted by Gasteiger charge is -2.05. The van der Waals surface area contributed by atoms with E-state index < -0.39 is 0 Å². The molecule has 3 aromatic rings. The van der Waals surface area contributed by atoms with Crippen molar-refractivity contribution >= 4 is 17.5 Å². The maximum atomic E-state index is 12.3. The number of hydrogen-bond donors (Lipinski definition) is 0. The van der Waals surface area contributed by atoms with E-state index in [0.29, 0.717) is 11.3 Å². The van der Waals surface area contributed by atoms with Gasteiger partial charge in [-0.2, -0.15) is 0 Å². The number of benzene rings is 2. The monoisotopic (exact) mass is 353 g/mol. The average Bonchev–Trinajstić information content (AvgIpc) is 3.00. The van der Waals surface area contributed by atoms with Crippen LogP contribution < -0.4 is 4.74 Å². The lowest BCUT2D eigenvalue weighted by Crippen LogP contribution is -2.05. The third kappa shape index (κ3) is 4.28. The van der Waals surface area contributed by atoms with Gasteiger partial charge < -0.3 is 9.30 Å². The van der Waals surface area contributed by atoms with Crippen molar-refractivity contribution < 1.29 is 9.53 Å². The lowest BCUT2D eigenvalue weighted by atomic mass is 10.1. The van der Waals surface area contributed by atoms with E-state index in [4.69, 9.17) is 4.74 Å². The van der Waals surface area contributed by atoms with Gasteiger partial charge >= 0.3 is 0 Å². The highest BCUT2D eigenvalue weighted by molar-refractivity contribution is 7.99. The molecule has 3 rings (SSSR count). The largest absolute Gasteiger partial charge is 0.497 e. The normalized spacial score (nSPS) is 10.6. The first-order valence-electron chi connectivity index (χ1n) is 7.89. The molecule has 0 bridgehead atoms.